The molecule has 3 rings (SSSR count). The molecular weight excluding hydrogens is 368 g/mol. The van der Waals surface area contributed by atoms with E-state index >= 15 is 0 Å². The number of nitrogens with zero attached hydrogens (tertiary/aromatic N) is 4. The number of carbonyl (C=O) groups is 1. The summed E-state index contributed by atoms with van der Waals surface area (Å²) >= 11 is 3.40. The number of halogens is 1. The average Bonchev–Trinajstić information content (AvgIpc) is 2.97. The molecule has 0 radical (unpaired) electrons. The first-order valence-corrected chi connectivity index (χ1v) is 7.67. The van der Waals surface area contributed by atoms with Crippen molar-refractivity contribution in [2.45, 2.75) is 6.10 Å². The molecule has 3 heterocycles. The number of morpholine rings is 1. The maximum Gasteiger partial charge on any atom is 0.407 e. The van der Waals surface area contributed by atoms with E-state index in [9.17, 15) is 4.79 Å². The van der Waals surface area contributed by atoms with Gasteiger partial charge in [-0.3, -0.25) is 0 Å². The number of pyridine rings is 1. The summed E-state index contributed by atoms with van der Waals surface area (Å²) in [6.45, 7) is 1.23. The highest BCUT2D eigenvalue weighted by molar-refractivity contribution is 9.10. The maximum atomic E-state index is 11.0. The van der Waals surface area contributed by atoms with Gasteiger partial charge in [-0.2, -0.15) is 10.4 Å². The van der Waals surface area contributed by atoms with Gasteiger partial charge < -0.3 is 19.5 Å². The first-order chi connectivity index (χ1) is 11.1. The number of nitriles is 1. The van der Waals surface area contributed by atoms with Crippen molar-refractivity contribution in [3.63, 3.8) is 0 Å². The molecule has 9 heteroatoms. The lowest BCUT2D eigenvalue weighted by atomic mass is 10.3. The van der Waals surface area contributed by atoms with Crippen molar-refractivity contribution in [1.29, 1.82) is 5.26 Å². The van der Waals surface area contributed by atoms with Crippen LogP contribution in [0.4, 0.5) is 4.79 Å². The molecule has 1 atom stereocenters. The van der Waals surface area contributed by atoms with Crippen molar-refractivity contribution < 1.29 is 19.4 Å². The van der Waals surface area contributed by atoms with E-state index in [2.05, 4.69) is 27.1 Å². The highest BCUT2D eigenvalue weighted by atomic mass is 79.9. The number of ether oxygens (including phenoxy) is 2. The first-order valence-electron chi connectivity index (χ1n) is 6.87. The molecule has 2 aromatic rings. The Bertz CT molecular complexity index is 785. The van der Waals surface area contributed by atoms with Crippen LogP contribution in [0.3, 0.4) is 0 Å². The van der Waals surface area contributed by atoms with Crippen molar-refractivity contribution in [3.8, 4) is 11.8 Å². The molecule has 1 aliphatic rings. The smallest absolute Gasteiger partial charge is 0.407 e. The molecule has 0 unspecified atom stereocenters. The van der Waals surface area contributed by atoms with Gasteiger partial charge in [0.05, 0.1) is 36.6 Å². The zero-order valence-corrected chi connectivity index (χ0v) is 13.6. The molecule has 120 valence electrons. The van der Waals surface area contributed by atoms with Crippen LogP contribution in [-0.4, -0.2) is 58.1 Å². The molecule has 1 aliphatic heterocycles. The average molecular weight is 381 g/mol. The van der Waals surface area contributed by atoms with Gasteiger partial charge in [-0.1, -0.05) is 0 Å². The lowest BCUT2D eigenvalue weighted by Gasteiger charge is -2.30. The molecule has 1 amide bonds. The summed E-state index contributed by atoms with van der Waals surface area (Å²) in [6.07, 6.45) is 1.88. The van der Waals surface area contributed by atoms with Crippen LogP contribution in [0, 0.1) is 11.3 Å². The van der Waals surface area contributed by atoms with Gasteiger partial charge >= 0.3 is 6.09 Å². The summed E-state index contributed by atoms with van der Waals surface area (Å²) < 4.78 is 13.5. The van der Waals surface area contributed by atoms with E-state index in [0.29, 0.717) is 34.5 Å². The number of fused-ring (bicyclic) bond motifs is 1. The van der Waals surface area contributed by atoms with E-state index in [4.69, 9.17) is 19.8 Å². The van der Waals surface area contributed by atoms with Crippen LogP contribution in [0.25, 0.3) is 5.52 Å². The molecule has 0 spiro atoms. The predicted octanol–water partition coefficient (Wildman–Crippen LogP) is 1.73. The second-order valence-electron chi connectivity index (χ2n) is 5.02. The second-order valence-corrected chi connectivity index (χ2v) is 5.87. The molecule has 0 aromatic carbocycles. The van der Waals surface area contributed by atoms with Gasteiger partial charge in [0.15, 0.2) is 0 Å². The second kappa shape index (κ2) is 6.44. The Morgan fingerprint density at radius 1 is 1.65 bits per heavy atom. The fourth-order valence-electron chi connectivity index (χ4n) is 2.39. The van der Waals surface area contributed by atoms with Gasteiger partial charge in [0, 0.05) is 11.0 Å². The quantitative estimate of drug-likeness (QED) is 0.869. The minimum absolute atomic E-state index is 0.230. The first kappa shape index (κ1) is 15.6. The molecule has 23 heavy (non-hydrogen) atoms. The third kappa shape index (κ3) is 3.23. The SMILES string of the molecule is N#Cc1cnn2cc(OC[C@@H]3CN(C(=O)O)CCO3)cc(Br)c12. The third-order valence-electron chi connectivity index (χ3n) is 3.51. The molecule has 2 aromatic heterocycles. The van der Waals surface area contributed by atoms with E-state index in [-0.39, 0.29) is 19.3 Å². The topological polar surface area (TPSA) is 100 Å². The Balaban J connectivity index is 1.70. The van der Waals surface area contributed by atoms with E-state index in [1.807, 2.05) is 0 Å². The highest BCUT2D eigenvalue weighted by Gasteiger charge is 2.24. The lowest BCUT2D eigenvalue weighted by molar-refractivity contribution is -0.0412. The van der Waals surface area contributed by atoms with Gasteiger partial charge in [-0.25, -0.2) is 9.31 Å². The number of amides is 1. The maximum absolute atomic E-state index is 11.0. The molecule has 8 nitrogen and oxygen atoms in total. The van der Waals surface area contributed by atoms with Crippen molar-refractivity contribution >= 4 is 27.5 Å². The van der Waals surface area contributed by atoms with Gasteiger partial charge in [0.2, 0.25) is 0 Å². The normalized spacial score (nSPS) is 17.9. The van der Waals surface area contributed by atoms with E-state index < -0.39 is 6.09 Å². The summed E-state index contributed by atoms with van der Waals surface area (Å²) in [6, 6.07) is 3.82. The van der Waals surface area contributed by atoms with Crippen molar-refractivity contribution in [2.75, 3.05) is 26.3 Å². The van der Waals surface area contributed by atoms with Crippen LogP contribution in [-0.2, 0) is 4.74 Å². The minimum Gasteiger partial charge on any atom is -0.489 e. The fourth-order valence-corrected chi connectivity index (χ4v) is 3.01. The molecule has 1 N–H and O–H groups in total. The van der Waals surface area contributed by atoms with E-state index in [1.165, 1.54) is 11.1 Å². The summed E-state index contributed by atoms with van der Waals surface area (Å²) in [5.41, 5.74) is 1.14. The number of rotatable bonds is 3. The molecule has 1 saturated heterocycles. The van der Waals surface area contributed by atoms with Crippen LogP contribution in [0.5, 0.6) is 5.75 Å². The van der Waals surface area contributed by atoms with Crippen LogP contribution < -0.4 is 4.74 Å². The molecule has 0 bridgehead atoms. The number of aromatic nitrogens is 2. The molecular formula is C14H13BrN4O4. The highest BCUT2D eigenvalue weighted by Crippen LogP contribution is 2.26. The van der Waals surface area contributed by atoms with Crippen LogP contribution >= 0.6 is 15.9 Å². The monoisotopic (exact) mass is 380 g/mol. The Morgan fingerprint density at radius 3 is 3.22 bits per heavy atom. The number of hydrogen-bond acceptors (Lipinski definition) is 5. The Hall–Kier alpha value is -2.31. The Morgan fingerprint density at radius 2 is 2.48 bits per heavy atom. The zero-order chi connectivity index (χ0) is 16.4. The molecule has 0 saturated carbocycles. The van der Waals surface area contributed by atoms with Crippen LogP contribution in [0.2, 0.25) is 0 Å². The fraction of sp³-hybridized carbons (Fsp3) is 0.357. The van der Waals surface area contributed by atoms with Gasteiger partial charge in [-0.05, 0) is 22.0 Å². The molecule has 0 aliphatic carbocycles. The summed E-state index contributed by atoms with van der Waals surface area (Å²) in [7, 11) is 0. The largest absolute Gasteiger partial charge is 0.489 e. The van der Waals surface area contributed by atoms with Gasteiger partial charge in [0.25, 0.3) is 0 Å². The number of hydrogen-bond donors (Lipinski definition) is 1. The van der Waals surface area contributed by atoms with Crippen LogP contribution in [0.1, 0.15) is 5.56 Å². The Labute approximate surface area is 139 Å². The van der Waals surface area contributed by atoms with Crippen molar-refractivity contribution in [3.05, 3.63) is 28.5 Å². The lowest BCUT2D eigenvalue weighted by Crippen LogP contribution is -2.47. The number of carboxylic acid groups (broad SMARTS) is 1. The standard InChI is InChI=1S/C14H13BrN4O4/c15-12-3-10(7-19-13(12)9(4-16)5-17-19)23-8-11-6-18(14(20)21)1-2-22-11/h3,5,7,11H,1-2,6,8H2,(H,20,21)/t11-/m0/s1. The van der Waals surface area contributed by atoms with Crippen LogP contribution in [0.15, 0.2) is 22.9 Å². The minimum atomic E-state index is -0.956. The summed E-state index contributed by atoms with van der Waals surface area (Å²) in [5.74, 6) is 0.549. The third-order valence-corrected chi connectivity index (χ3v) is 4.11. The summed E-state index contributed by atoms with van der Waals surface area (Å²) in [4.78, 5) is 12.3. The van der Waals surface area contributed by atoms with Gasteiger partial charge in [-0.15, -0.1) is 0 Å². The predicted molar refractivity (Wildman–Crippen MR) is 82.4 cm³/mol. The van der Waals surface area contributed by atoms with Crippen molar-refractivity contribution in [2.24, 2.45) is 0 Å². The summed E-state index contributed by atoms with van der Waals surface area (Å²) in [5, 5.41) is 22.2. The van der Waals surface area contributed by atoms with E-state index in [1.54, 1.807) is 16.8 Å². The van der Waals surface area contributed by atoms with Crippen molar-refractivity contribution in [1.82, 2.24) is 14.5 Å². The van der Waals surface area contributed by atoms with Gasteiger partial charge in [0.1, 0.15) is 24.5 Å². The Kier molecular flexibility index (Phi) is 4.36. The van der Waals surface area contributed by atoms with E-state index in [0.717, 1.165) is 0 Å². The molecule has 1 fully saturated rings. The zero-order valence-electron chi connectivity index (χ0n) is 12.0.